The van der Waals surface area contributed by atoms with Gasteiger partial charge >= 0.3 is 5.97 Å². The van der Waals surface area contributed by atoms with Gasteiger partial charge in [-0.25, -0.2) is 4.79 Å². The van der Waals surface area contributed by atoms with Gasteiger partial charge in [-0.1, -0.05) is 0 Å². The molecule has 20 atom stereocenters. The number of rotatable bonds is 13. The molecule has 4 heterocycles. The molecule has 0 aliphatic carbocycles. The topological polar surface area (TPSA) is 411 Å². The zero-order valence-corrected chi connectivity index (χ0v) is 26.7. The molecule has 0 spiro atoms. The predicted molar refractivity (Wildman–Crippen MR) is 153 cm³/mol. The molecule has 51 heavy (non-hydrogen) atoms. The number of hydrogen-bond acceptors (Lipinski definition) is 24. The Kier molecular flexibility index (Phi) is 14.1. The first-order valence-corrected chi connectivity index (χ1v) is 15.8. The third kappa shape index (κ3) is 8.47. The van der Waals surface area contributed by atoms with Crippen molar-refractivity contribution in [2.75, 3.05) is 33.0 Å². The Morgan fingerprint density at radius 2 is 1.33 bits per heavy atom. The van der Waals surface area contributed by atoms with Crippen LogP contribution >= 0.6 is 0 Å². The Hall–Kier alpha value is -1.41. The fourth-order valence-electron chi connectivity index (χ4n) is 6.02. The molecule has 17 N–H and O–H groups in total. The normalized spacial score (nSPS) is 49.0. The lowest BCUT2D eigenvalue weighted by Crippen LogP contribution is -2.66. The molecule has 0 saturated carbocycles. The first-order chi connectivity index (χ1) is 23.9. The van der Waals surface area contributed by atoms with Crippen LogP contribution in [0.25, 0.3) is 0 Å². The van der Waals surface area contributed by atoms with E-state index in [-0.39, 0.29) is 0 Å². The van der Waals surface area contributed by atoms with Crippen LogP contribution in [0, 0.1) is 0 Å². The molecule has 4 aliphatic rings. The Morgan fingerprint density at radius 3 is 1.88 bits per heavy atom. The summed E-state index contributed by atoms with van der Waals surface area (Å²) in [5, 5.41) is 153. The van der Waals surface area contributed by atoms with Crippen molar-refractivity contribution < 1.29 is 115 Å². The average molecular weight is 754 g/mol. The van der Waals surface area contributed by atoms with Crippen molar-refractivity contribution in [3.8, 4) is 0 Å². The molecule has 0 radical (unpaired) electrons. The first-order valence-electron chi connectivity index (χ1n) is 15.8. The molecule has 4 rings (SSSR count). The van der Waals surface area contributed by atoms with E-state index in [1.807, 2.05) is 0 Å². The molecule has 4 aliphatic heterocycles. The SMILES string of the molecule is N[C@H]1[C@H]([C@H](O)[C@H](O)CO)O[C@](O)(C(=O)OC[C@H]2OC(OC[C@H]3OC(O[C@]4(CO)O[C@H](CO)[C@@H](O)[C@@H]4O)[C@H](O)[C@@H](O)[C@@H]3O)[C@H](O)[C@@H](O)[C@H]2O)C[C@@H]1O. The molecule has 24 heteroatoms. The molecule has 298 valence electrons. The van der Waals surface area contributed by atoms with Gasteiger partial charge in [-0.15, -0.1) is 0 Å². The summed E-state index contributed by atoms with van der Waals surface area (Å²) in [7, 11) is 0. The highest BCUT2D eigenvalue weighted by Crippen LogP contribution is 2.36. The molecule has 2 unspecified atom stereocenters. The van der Waals surface area contributed by atoms with Gasteiger partial charge in [0.1, 0.15) is 98.7 Å². The number of aliphatic hydroxyl groups is 15. The quantitative estimate of drug-likeness (QED) is 0.0776. The van der Waals surface area contributed by atoms with Gasteiger partial charge in [0.25, 0.3) is 5.79 Å². The van der Waals surface area contributed by atoms with Crippen molar-refractivity contribution in [3.63, 3.8) is 0 Å². The van der Waals surface area contributed by atoms with Crippen LogP contribution < -0.4 is 5.73 Å². The van der Waals surface area contributed by atoms with Crippen molar-refractivity contribution in [1.29, 1.82) is 0 Å². The highest BCUT2D eigenvalue weighted by Gasteiger charge is 2.59. The molecule has 4 saturated heterocycles. The summed E-state index contributed by atoms with van der Waals surface area (Å²) >= 11 is 0. The van der Waals surface area contributed by atoms with Crippen molar-refractivity contribution in [2.24, 2.45) is 5.73 Å². The highest BCUT2D eigenvalue weighted by molar-refractivity contribution is 5.77. The second kappa shape index (κ2) is 16.9. The first kappa shape index (κ1) is 42.3. The fraction of sp³-hybridized carbons (Fsp3) is 0.963. The minimum absolute atomic E-state index is 0.812. The molecular formula is C27H47NO23. The molecular weight excluding hydrogens is 706 g/mol. The molecule has 24 nitrogen and oxygen atoms in total. The van der Waals surface area contributed by atoms with Crippen molar-refractivity contribution in [1.82, 2.24) is 0 Å². The monoisotopic (exact) mass is 753 g/mol. The maximum atomic E-state index is 12.9. The Bertz CT molecular complexity index is 1140. The number of ether oxygens (including phenoxy) is 7. The lowest BCUT2D eigenvalue weighted by molar-refractivity contribution is -0.388. The van der Waals surface area contributed by atoms with Gasteiger partial charge in [0.15, 0.2) is 12.6 Å². The van der Waals surface area contributed by atoms with Gasteiger partial charge in [-0.2, -0.15) is 0 Å². The van der Waals surface area contributed by atoms with E-state index in [1.165, 1.54) is 0 Å². The molecule has 0 amide bonds. The number of aliphatic hydroxyl groups excluding tert-OH is 14. The minimum Gasteiger partial charge on any atom is -0.459 e. The fourth-order valence-corrected chi connectivity index (χ4v) is 6.02. The van der Waals surface area contributed by atoms with E-state index in [4.69, 9.17) is 44.0 Å². The number of hydrogen-bond donors (Lipinski definition) is 16. The zero-order valence-electron chi connectivity index (χ0n) is 26.7. The summed E-state index contributed by atoms with van der Waals surface area (Å²) in [4.78, 5) is 12.9. The number of esters is 1. The third-order valence-corrected chi connectivity index (χ3v) is 9.24. The van der Waals surface area contributed by atoms with Crippen LogP contribution in [-0.4, -0.2) is 237 Å². The smallest absolute Gasteiger partial charge is 0.366 e. The zero-order chi connectivity index (χ0) is 38.2. The Balaban J connectivity index is 1.39. The van der Waals surface area contributed by atoms with E-state index in [0.717, 1.165) is 0 Å². The minimum atomic E-state index is -2.98. The van der Waals surface area contributed by atoms with Gasteiger partial charge in [-0.05, 0) is 0 Å². The van der Waals surface area contributed by atoms with E-state index in [0.29, 0.717) is 0 Å². The summed E-state index contributed by atoms with van der Waals surface area (Å²) in [6.45, 7) is -4.72. The summed E-state index contributed by atoms with van der Waals surface area (Å²) in [6, 6.07) is -1.44. The molecule has 4 fully saturated rings. The summed E-state index contributed by atoms with van der Waals surface area (Å²) in [6.07, 6.45) is -32.6. The van der Waals surface area contributed by atoms with E-state index < -0.39 is 167 Å². The molecule has 0 bridgehead atoms. The largest absolute Gasteiger partial charge is 0.459 e. The van der Waals surface area contributed by atoms with Crippen LogP contribution in [0.15, 0.2) is 0 Å². The summed E-state index contributed by atoms with van der Waals surface area (Å²) in [5.74, 6) is -7.06. The van der Waals surface area contributed by atoms with Gasteiger partial charge in [0, 0.05) is 6.42 Å². The van der Waals surface area contributed by atoms with E-state index in [9.17, 15) is 76.3 Å². The van der Waals surface area contributed by atoms with Crippen LogP contribution in [0.3, 0.4) is 0 Å². The van der Waals surface area contributed by atoms with E-state index >= 15 is 0 Å². The van der Waals surface area contributed by atoms with Crippen molar-refractivity contribution in [3.05, 3.63) is 0 Å². The number of carbonyl (C=O) groups excluding carboxylic acids is 1. The van der Waals surface area contributed by atoms with Crippen molar-refractivity contribution in [2.45, 2.75) is 128 Å². The standard InChI is InChI=1S/C27H47NO23/c28-12-7(32)1-26(44,50-21(12)13(34)8(33)2-29)25(43)46-5-11-15(36)17(38)19(40)23(47-11)45-4-10-14(35)18(39)20(41)24(48-10)51-27(6-31)22(42)16(37)9(3-30)49-27/h7-24,29-42,44H,1-6,28H2/t7-,8+,9+,10+,11+,12+,13+,14+,15-,16+,17-,18-,19+,20+,21+,22-,23?,24?,26-,27-/m0/s1. The lowest BCUT2D eigenvalue weighted by Gasteiger charge is -2.45. The van der Waals surface area contributed by atoms with Gasteiger partial charge in [0.2, 0.25) is 5.79 Å². The van der Waals surface area contributed by atoms with Crippen LogP contribution in [-0.2, 0) is 38.0 Å². The number of nitrogens with two attached hydrogens (primary N) is 1. The third-order valence-electron chi connectivity index (χ3n) is 9.24. The second-order valence-electron chi connectivity index (χ2n) is 12.8. The second-order valence-corrected chi connectivity index (χ2v) is 12.8. The van der Waals surface area contributed by atoms with Gasteiger partial charge < -0.3 is 115 Å². The Labute approximate surface area is 287 Å². The van der Waals surface area contributed by atoms with E-state index in [1.54, 1.807) is 0 Å². The van der Waals surface area contributed by atoms with Crippen molar-refractivity contribution >= 4 is 5.97 Å². The Morgan fingerprint density at radius 1 is 0.765 bits per heavy atom. The van der Waals surface area contributed by atoms with Gasteiger partial charge in [-0.3, -0.25) is 0 Å². The van der Waals surface area contributed by atoms with Gasteiger partial charge in [0.05, 0.1) is 32.0 Å². The molecule has 0 aromatic heterocycles. The maximum Gasteiger partial charge on any atom is 0.366 e. The molecule has 0 aromatic carbocycles. The lowest BCUT2D eigenvalue weighted by atomic mass is 9.89. The van der Waals surface area contributed by atoms with Crippen LogP contribution in [0.1, 0.15) is 6.42 Å². The van der Waals surface area contributed by atoms with Crippen LogP contribution in [0.5, 0.6) is 0 Å². The van der Waals surface area contributed by atoms with Crippen LogP contribution in [0.2, 0.25) is 0 Å². The highest BCUT2D eigenvalue weighted by atomic mass is 16.8. The average Bonchev–Trinajstić information content (AvgIpc) is 3.36. The summed E-state index contributed by atoms with van der Waals surface area (Å²) in [5.41, 5.74) is 5.76. The van der Waals surface area contributed by atoms with Crippen LogP contribution in [0.4, 0.5) is 0 Å². The van der Waals surface area contributed by atoms with E-state index in [2.05, 4.69) is 0 Å². The predicted octanol–water partition coefficient (Wildman–Crippen LogP) is -11.1. The molecule has 0 aromatic rings. The summed E-state index contributed by atoms with van der Waals surface area (Å²) < 4.78 is 37.1. The maximum absolute atomic E-state index is 12.9. The number of carbonyl (C=O) groups is 1.